The third kappa shape index (κ3) is 4.95. The summed E-state index contributed by atoms with van der Waals surface area (Å²) in [6.07, 6.45) is 3.14. The Kier molecular flexibility index (Phi) is 6.69. The zero-order valence-electron chi connectivity index (χ0n) is 12.1. The second kappa shape index (κ2) is 8.03. The van der Waals surface area contributed by atoms with Crippen molar-refractivity contribution in [2.75, 3.05) is 12.3 Å². The summed E-state index contributed by atoms with van der Waals surface area (Å²) in [4.78, 5) is 0.224. The monoisotopic (exact) mass is 294 g/mol. The lowest BCUT2D eigenvalue weighted by molar-refractivity contribution is 0.474. The van der Waals surface area contributed by atoms with E-state index in [1.165, 1.54) is 6.07 Å². The Morgan fingerprint density at radius 3 is 2.70 bits per heavy atom. The Morgan fingerprint density at radius 1 is 1.35 bits per heavy atom. The first-order valence-corrected chi connectivity index (χ1v) is 8.65. The number of nitrogens with zero attached hydrogens (tertiary/aromatic N) is 1. The van der Waals surface area contributed by atoms with Crippen LogP contribution in [0.25, 0.3) is 0 Å². The molecule has 0 saturated carbocycles. The number of sulfone groups is 1. The SMILES string of the molecule is CCCC(CC)NCCS(=O)(=O)c1cccc(C#N)c1. The van der Waals surface area contributed by atoms with Crippen LogP contribution >= 0.6 is 0 Å². The molecule has 0 radical (unpaired) electrons. The molecule has 1 unspecified atom stereocenters. The van der Waals surface area contributed by atoms with Gasteiger partial charge in [-0.1, -0.05) is 26.3 Å². The van der Waals surface area contributed by atoms with E-state index in [-0.39, 0.29) is 10.6 Å². The van der Waals surface area contributed by atoms with Crippen LogP contribution in [0.2, 0.25) is 0 Å². The molecule has 1 aromatic rings. The average molecular weight is 294 g/mol. The fraction of sp³-hybridized carbons (Fsp3) is 0.533. The van der Waals surface area contributed by atoms with Gasteiger partial charge in [0, 0.05) is 12.6 Å². The largest absolute Gasteiger partial charge is 0.313 e. The van der Waals surface area contributed by atoms with Gasteiger partial charge in [-0.2, -0.15) is 5.26 Å². The molecule has 0 spiro atoms. The van der Waals surface area contributed by atoms with Gasteiger partial charge in [-0.05, 0) is 31.0 Å². The number of rotatable bonds is 8. The summed E-state index contributed by atoms with van der Waals surface area (Å²) < 4.78 is 24.4. The molecule has 0 bridgehead atoms. The standard InChI is InChI=1S/C15H22N2O2S/c1-3-6-14(4-2)17-9-10-20(18,19)15-8-5-7-13(11-15)12-16/h5,7-8,11,14,17H,3-4,6,9-10H2,1-2H3. The predicted molar refractivity (Wildman–Crippen MR) is 80.2 cm³/mol. The predicted octanol–water partition coefficient (Wildman–Crippen LogP) is 2.50. The second-order valence-corrected chi connectivity index (χ2v) is 6.92. The minimum atomic E-state index is -3.33. The lowest BCUT2D eigenvalue weighted by Gasteiger charge is -2.15. The van der Waals surface area contributed by atoms with Crippen LogP contribution in [0.1, 0.15) is 38.7 Å². The summed E-state index contributed by atoms with van der Waals surface area (Å²) >= 11 is 0. The third-order valence-electron chi connectivity index (χ3n) is 3.26. The van der Waals surface area contributed by atoms with Gasteiger partial charge in [0.25, 0.3) is 0 Å². The summed E-state index contributed by atoms with van der Waals surface area (Å²) in [5, 5.41) is 12.1. The van der Waals surface area contributed by atoms with E-state index in [1.807, 2.05) is 6.07 Å². The molecule has 0 fully saturated rings. The van der Waals surface area contributed by atoms with E-state index < -0.39 is 9.84 Å². The number of hydrogen-bond acceptors (Lipinski definition) is 4. The lowest BCUT2D eigenvalue weighted by atomic mass is 10.1. The summed E-state index contributed by atoms with van der Waals surface area (Å²) in [5.41, 5.74) is 0.372. The highest BCUT2D eigenvalue weighted by atomic mass is 32.2. The van der Waals surface area contributed by atoms with E-state index in [1.54, 1.807) is 18.2 Å². The lowest BCUT2D eigenvalue weighted by Crippen LogP contribution is -2.32. The van der Waals surface area contributed by atoms with Crippen molar-refractivity contribution in [1.82, 2.24) is 5.32 Å². The molecule has 0 aromatic heterocycles. The summed E-state index contributed by atoms with van der Waals surface area (Å²) in [7, 11) is -3.33. The van der Waals surface area contributed by atoms with E-state index in [2.05, 4.69) is 19.2 Å². The van der Waals surface area contributed by atoms with E-state index in [9.17, 15) is 8.42 Å². The smallest absolute Gasteiger partial charge is 0.179 e. The molecule has 1 rings (SSSR count). The van der Waals surface area contributed by atoms with E-state index in [4.69, 9.17) is 5.26 Å². The van der Waals surface area contributed by atoms with Gasteiger partial charge in [0.2, 0.25) is 0 Å². The maximum atomic E-state index is 12.2. The average Bonchev–Trinajstić information content (AvgIpc) is 2.46. The Balaban J connectivity index is 2.64. The Labute approximate surface area is 121 Å². The van der Waals surface area contributed by atoms with Gasteiger partial charge in [-0.15, -0.1) is 0 Å². The Bertz CT molecular complexity index is 561. The quantitative estimate of drug-likeness (QED) is 0.799. The molecule has 1 atom stereocenters. The highest BCUT2D eigenvalue weighted by Crippen LogP contribution is 2.12. The zero-order chi connectivity index (χ0) is 15.0. The van der Waals surface area contributed by atoms with Crippen LogP contribution in [0.5, 0.6) is 0 Å². The fourth-order valence-corrected chi connectivity index (χ4v) is 3.29. The maximum absolute atomic E-state index is 12.2. The number of nitriles is 1. The van der Waals surface area contributed by atoms with Gasteiger partial charge in [0.15, 0.2) is 9.84 Å². The first kappa shape index (κ1) is 16.7. The van der Waals surface area contributed by atoms with Gasteiger partial charge < -0.3 is 5.32 Å². The van der Waals surface area contributed by atoms with E-state index in [0.717, 1.165) is 19.3 Å². The first-order chi connectivity index (χ1) is 9.53. The molecule has 110 valence electrons. The number of nitrogens with one attached hydrogen (secondary N) is 1. The molecular weight excluding hydrogens is 272 g/mol. The van der Waals surface area contributed by atoms with Gasteiger partial charge in [-0.25, -0.2) is 8.42 Å². The van der Waals surface area contributed by atoms with Crippen LogP contribution in [0.15, 0.2) is 29.2 Å². The van der Waals surface area contributed by atoms with Crippen molar-refractivity contribution >= 4 is 9.84 Å². The molecule has 1 N–H and O–H groups in total. The Morgan fingerprint density at radius 2 is 2.10 bits per heavy atom. The molecular formula is C15H22N2O2S. The van der Waals surface area contributed by atoms with Crippen molar-refractivity contribution in [1.29, 1.82) is 5.26 Å². The van der Waals surface area contributed by atoms with Crippen LogP contribution < -0.4 is 5.32 Å². The maximum Gasteiger partial charge on any atom is 0.179 e. The number of benzene rings is 1. The fourth-order valence-electron chi connectivity index (χ4n) is 2.07. The van der Waals surface area contributed by atoms with Crippen LogP contribution in [-0.4, -0.2) is 26.8 Å². The molecule has 4 nitrogen and oxygen atoms in total. The first-order valence-electron chi connectivity index (χ1n) is 6.99. The van der Waals surface area contributed by atoms with Crippen molar-refractivity contribution in [3.05, 3.63) is 29.8 Å². The highest BCUT2D eigenvalue weighted by molar-refractivity contribution is 7.91. The van der Waals surface area contributed by atoms with Crippen molar-refractivity contribution in [2.45, 2.75) is 44.0 Å². The molecule has 20 heavy (non-hydrogen) atoms. The highest BCUT2D eigenvalue weighted by Gasteiger charge is 2.15. The van der Waals surface area contributed by atoms with Crippen LogP contribution in [0, 0.1) is 11.3 Å². The topological polar surface area (TPSA) is 70.0 Å². The molecule has 0 amide bonds. The van der Waals surface area contributed by atoms with Crippen LogP contribution in [-0.2, 0) is 9.84 Å². The molecule has 0 aliphatic heterocycles. The summed E-state index contributed by atoms with van der Waals surface area (Å²) in [5.74, 6) is 0.0576. The second-order valence-electron chi connectivity index (χ2n) is 4.81. The summed E-state index contributed by atoms with van der Waals surface area (Å²) in [6.45, 7) is 4.66. The molecule has 0 aliphatic rings. The summed E-state index contributed by atoms with van der Waals surface area (Å²) in [6, 6.07) is 8.51. The van der Waals surface area contributed by atoms with Gasteiger partial charge >= 0.3 is 0 Å². The van der Waals surface area contributed by atoms with Crippen LogP contribution in [0.4, 0.5) is 0 Å². The van der Waals surface area contributed by atoms with Crippen molar-refractivity contribution in [3.63, 3.8) is 0 Å². The van der Waals surface area contributed by atoms with Gasteiger partial charge in [0.05, 0.1) is 22.3 Å². The van der Waals surface area contributed by atoms with Crippen molar-refractivity contribution in [2.24, 2.45) is 0 Å². The van der Waals surface area contributed by atoms with Gasteiger partial charge in [-0.3, -0.25) is 0 Å². The van der Waals surface area contributed by atoms with E-state index >= 15 is 0 Å². The molecule has 0 heterocycles. The third-order valence-corrected chi connectivity index (χ3v) is 4.97. The van der Waals surface area contributed by atoms with Crippen molar-refractivity contribution < 1.29 is 8.42 Å². The van der Waals surface area contributed by atoms with Crippen molar-refractivity contribution in [3.8, 4) is 6.07 Å². The molecule has 1 aromatic carbocycles. The minimum Gasteiger partial charge on any atom is -0.313 e. The molecule has 5 heteroatoms. The minimum absolute atomic E-state index is 0.0576. The van der Waals surface area contributed by atoms with Gasteiger partial charge in [0.1, 0.15) is 0 Å². The van der Waals surface area contributed by atoms with Crippen LogP contribution in [0.3, 0.4) is 0 Å². The molecule has 0 saturated heterocycles. The molecule has 0 aliphatic carbocycles. The van der Waals surface area contributed by atoms with E-state index in [0.29, 0.717) is 18.2 Å². The zero-order valence-corrected chi connectivity index (χ0v) is 12.9. The number of hydrogen-bond donors (Lipinski definition) is 1. The normalized spacial score (nSPS) is 12.8. The Hall–Kier alpha value is -1.38.